The average Bonchev–Trinajstić information content (AvgIpc) is 2.63. The molecule has 0 saturated carbocycles. The number of benzene rings is 1. The SMILES string of the molecule is CN=C(NCCCCCCC(C)C)NCc1ccc(S(=O)(=O)NC)cc1.I. The van der Waals surface area contributed by atoms with Crippen molar-refractivity contribution in [1.29, 1.82) is 0 Å². The van der Waals surface area contributed by atoms with Gasteiger partial charge in [-0.15, -0.1) is 24.0 Å². The molecule has 1 aromatic rings. The lowest BCUT2D eigenvalue weighted by Gasteiger charge is -2.12. The van der Waals surface area contributed by atoms with Crippen molar-refractivity contribution in [3.8, 4) is 0 Å². The Morgan fingerprint density at radius 2 is 1.67 bits per heavy atom. The van der Waals surface area contributed by atoms with Crippen LogP contribution in [0.2, 0.25) is 0 Å². The van der Waals surface area contributed by atoms with E-state index in [2.05, 4.69) is 34.2 Å². The number of nitrogens with one attached hydrogen (secondary N) is 3. The van der Waals surface area contributed by atoms with Crippen LogP contribution in [0.15, 0.2) is 34.2 Å². The Labute approximate surface area is 182 Å². The van der Waals surface area contributed by atoms with Crippen LogP contribution in [0, 0.1) is 5.92 Å². The Bertz CT molecular complexity index is 646. The number of rotatable bonds is 11. The zero-order valence-corrected chi connectivity index (χ0v) is 20.1. The molecule has 0 bridgehead atoms. The molecule has 6 nitrogen and oxygen atoms in total. The Hall–Kier alpha value is -0.870. The van der Waals surface area contributed by atoms with E-state index in [-0.39, 0.29) is 28.9 Å². The maximum absolute atomic E-state index is 11.7. The van der Waals surface area contributed by atoms with Gasteiger partial charge >= 0.3 is 0 Å². The monoisotopic (exact) mass is 510 g/mol. The first-order valence-corrected chi connectivity index (χ1v) is 10.8. The molecule has 27 heavy (non-hydrogen) atoms. The van der Waals surface area contributed by atoms with E-state index in [1.54, 1.807) is 31.3 Å². The molecule has 0 aliphatic carbocycles. The van der Waals surface area contributed by atoms with Gasteiger partial charge in [0, 0.05) is 20.1 Å². The van der Waals surface area contributed by atoms with E-state index in [0.29, 0.717) is 6.54 Å². The fourth-order valence-corrected chi connectivity index (χ4v) is 3.28. The Kier molecular flexibility index (Phi) is 13.7. The number of nitrogens with zero attached hydrogens (tertiary/aromatic N) is 1. The minimum absolute atomic E-state index is 0. The number of unbranched alkanes of at least 4 members (excludes halogenated alkanes) is 3. The van der Waals surface area contributed by atoms with E-state index in [1.807, 2.05) is 0 Å². The molecule has 8 heteroatoms. The summed E-state index contributed by atoms with van der Waals surface area (Å²) in [5.41, 5.74) is 0.997. The van der Waals surface area contributed by atoms with E-state index in [0.717, 1.165) is 30.4 Å². The van der Waals surface area contributed by atoms with Gasteiger partial charge < -0.3 is 10.6 Å². The maximum Gasteiger partial charge on any atom is 0.240 e. The molecule has 0 amide bonds. The van der Waals surface area contributed by atoms with Gasteiger partial charge in [-0.25, -0.2) is 13.1 Å². The molecular weight excluding hydrogens is 475 g/mol. The average molecular weight is 510 g/mol. The Morgan fingerprint density at radius 3 is 2.22 bits per heavy atom. The summed E-state index contributed by atoms with van der Waals surface area (Å²) in [7, 11) is -0.226. The summed E-state index contributed by atoms with van der Waals surface area (Å²) >= 11 is 0. The number of hydrogen-bond donors (Lipinski definition) is 3. The van der Waals surface area contributed by atoms with E-state index in [9.17, 15) is 8.42 Å². The van der Waals surface area contributed by atoms with E-state index in [4.69, 9.17) is 0 Å². The first-order chi connectivity index (χ1) is 12.4. The molecule has 0 aliphatic rings. The van der Waals surface area contributed by atoms with E-state index >= 15 is 0 Å². The third kappa shape index (κ3) is 10.9. The first-order valence-electron chi connectivity index (χ1n) is 9.36. The molecule has 3 N–H and O–H groups in total. The van der Waals surface area contributed by atoms with E-state index in [1.165, 1.54) is 32.7 Å². The molecule has 0 heterocycles. The van der Waals surface area contributed by atoms with Gasteiger partial charge in [0.2, 0.25) is 10.0 Å². The minimum Gasteiger partial charge on any atom is -0.356 e. The third-order valence-corrected chi connectivity index (χ3v) is 5.62. The number of sulfonamides is 1. The molecule has 0 atom stereocenters. The lowest BCUT2D eigenvalue weighted by Crippen LogP contribution is -2.37. The topological polar surface area (TPSA) is 82.6 Å². The first kappa shape index (κ1) is 26.1. The van der Waals surface area contributed by atoms with Gasteiger partial charge in [0.05, 0.1) is 4.90 Å². The highest BCUT2D eigenvalue weighted by Crippen LogP contribution is 2.10. The minimum atomic E-state index is -3.38. The number of aliphatic imine (C=N–C) groups is 1. The maximum atomic E-state index is 11.7. The molecule has 0 fully saturated rings. The summed E-state index contributed by atoms with van der Waals surface area (Å²) < 4.78 is 25.7. The molecule has 0 saturated heterocycles. The Balaban J connectivity index is 0.00000676. The lowest BCUT2D eigenvalue weighted by molar-refractivity contribution is 0.518. The van der Waals surface area contributed by atoms with Crippen LogP contribution in [0.5, 0.6) is 0 Å². The van der Waals surface area contributed by atoms with Crippen LogP contribution in [0.4, 0.5) is 0 Å². The highest BCUT2D eigenvalue weighted by atomic mass is 127. The number of guanidine groups is 1. The second-order valence-electron chi connectivity index (χ2n) is 6.80. The highest BCUT2D eigenvalue weighted by molar-refractivity contribution is 14.0. The van der Waals surface area contributed by atoms with Gasteiger partial charge in [-0.1, -0.05) is 51.7 Å². The van der Waals surface area contributed by atoms with Crippen molar-refractivity contribution in [3.05, 3.63) is 29.8 Å². The zero-order chi connectivity index (χ0) is 19.4. The predicted octanol–water partition coefficient (Wildman–Crippen LogP) is 3.48. The van der Waals surface area contributed by atoms with Crippen molar-refractivity contribution >= 4 is 40.0 Å². The van der Waals surface area contributed by atoms with Crippen LogP contribution in [0.3, 0.4) is 0 Å². The summed E-state index contributed by atoms with van der Waals surface area (Å²) in [5.74, 6) is 1.56. The molecule has 0 aliphatic heterocycles. The van der Waals surface area contributed by atoms with Gasteiger partial charge in [-0.05, 0) is 37.1 Å². The normalized spacial score (nSPS) is 12.0. The quantitative estimate of drug-likeness (QED) is 0.184. The fraction of sp³-hybridized carbons (Fsp3) is 0.632. The molecule has 0 aromatic heterocycles. The molecule has 0 spiro atoms. The van der Waals surface area contributed by atoms with Crippen molar-refractivity contribution in [1.82, 2.24) is 15.4 Å². The summed E-state index contributed by atoms with van der Waals surface area (Å²) in [5, 5.41) is 6.57. The van der Waals surface area contributed by atoms with Crippen molar-refractivity contribution in [2.75, 3.05) is 20.6 Å². The number of hydrogen-bond acceptors (Lipinski definition) is 3. The summed E-state index contributed by atoms with van der Waals surface area (Å²) in [6.45, 7) is 6.03. The van der Waals surface area contributed by atoms with Crippen molar-refractivity contribution < 1.29 is 8.42 Å². The van der Waals surface area contributed by atoms with Crippen LogP contribution in [0.1, 0.15) is 51.5 Å². The van der Waals surface area contributed by atoms with Gasteiger partial charge in [0.15, 0.2) is 5.96 Å². The van der Waals surface area contributed by atoms with Crippen molar-refractivity contribution in [3.63, 3.8) is 0 Å². The summed E-state index contributed by atoms with van der Waals surface area (Å²) in [4.78, 5) is 4.49. The molecule has 1 aromatic carbocycles. The van der Waals surface area contributed by atoms with Crippen LogP contribution in [-0.2, 0) is 16.6 Å². The molecule has 0 unspecified atom stereocenters. The summed E-state index contributed by atoms with van der Waals surface area (Å²) in [6, 6.07) is 6.82. The van der Waals surface area contributed by atoms with Crippen LogP contribution in [0.25, 0.3) is 0 Å². The smallest absolute Gasteiger partial charge is 0.240 e. The fourth-order valence-electron chi connectivity index (χ4n) is 2.55. The van der Waals surface area contributed by atoms with Gasteiger partial charge in [0.25, 0.3) is 0 Å². The highest BCUT2D eigenvalue weighted by Gasteiger charge is 2.10. The molecule has 156 valence electrons. The molecular formula is C19H35IN4O2S. The largest absolute Gasteiger partial charge is 0.356 e. The van der Waals surface area contributed by atoms with Gasteiger partial charge in [-0.2, -0.15) is 0 Å². The lowest BCUT2D eigenvalue weighted by atomic mass is 10.0. The van der Waals surface area contributed by atoms with Crippen molar-refractivity contribution in [2.45, 2.75) is 57.4 Å². The van der Waals surface area contributed by atoms with E-state index < -0.39 is 10.0 Å². The molecule has 1 rings (SSSR count). The molecule has 0 radical (unpaired) electrons. The predicted molar refractivity (Wildman–Crippen MR) is 124 cm³/mol. The Morgan fingerprint density at radius 1 is 1.04 bits per heavy atom. The second-order valence-corrected chi connectivity index (χ2v) is 8.69. The van der Waals surface area contributed by atoms with Gasteiger partial charge in [0.1, 0.15) is 0 Å². The number of halogens is 1. The van der Waals surface area contributed by atoms with Crippen molar-refractivity contribution in [2.24, 2.45) is 10.9 Å². The van der Waals surface area contributed by atoms with Crippen LogP contribution >= 0.6 is 24.0 Å². The van der Waals surface area contributed by atoms with Crippen LogP contribution < -0.4 is 15.4 Å². The third-order valence-electron chi connectivity index (χ3n) is 4.19. The van der Waals surface area contributed by atoms with Gasteiger partial charge in [-0.3, -0.25) is 4.99 Å². The van der Waals surface area contributed by atoms with Crippen LogP contribution in [-0.4, -0.2) is 35.0 Å². The summed E-state index contributed by atoms with van der Waals surface area (Å²) in [6.07, 6.45) is 6.27. The standard InChI is InChI=1S/C19H34N4O2S.HI/c1-16(2)9-7-5-6-8-14-22-19(20-3)23-15-17-10-12-18(13-11-17)26(24,25)21-4;/h10-13,16,21H,5-9,14-15H2,1-4H3,(H2,20,22,23);1H. The second kappa shape index (κ2) is 14.2. The zero-order valence-electron chi connectivity index (χ0n) is 16.9.